The van der Waals surface area contributed by atoms with Crippen LogP contribution in [0.4, 0.5) is 0 Å². The van der Waals surface area contributed by atoms with Crippen molar-refractivity contribution >= 4 is 28.2 Å². The number of aliphatic hydroxyl groups excluding tert-OH is 2. The second-order valence-corrected chi connectivity index (χ2v) is 7.23. The number of rotatable bonds is 2. The number of carbonyl (C=O) groups excluding carboxylic acids is 2. The van der Waals surface area contributed by atoms with Gasteiger partial charge in [0.05, 0.1) is 22.4 Å². The highest BCUT2D eigenvalue weighted by Gasteiger charge is 2.61. The zero-order chi connectivity index (χ0) is 22.0. The van der Waals surface area contributed by atoms with Gasteiger partial charge in [0.15, 0.2) is 11.4 Å². The lowest BCUT2D eigenvalue weighted by Gasteiger charge is -2.45. The fourth-order valence-corrected chi connectivity index (χ4v) is 4.35. The number of primary amides is 1. The van der Waals surface area contributed by atoms with Gasteiger partial charge in [0, 0.05) is 0 Å². The Bertz CT molecular complexity index is 1190. The number of carbonyl (C=O) groups is 2. The zero-order valence-corrected chi connectivity index (χ0v) is 15.7. The van der Waals surface area contributed by atoms with Crippen molar-refractivity contribution in [3.8, 4) is 11.5 Å². The fourth-order valence-electron chi connectivity index (χ4n) is 4.35. The number of phenolic OH excluding ortho intramolecular Hbond substituents is 2. The topological polar surface area (TPSA) is 183 Å². The van der Waals surface area contributed by atoms with Crippen molar-refractivity contribution in [1.29, 1.82) is 0 Å². The van der Waals surface area contributed by atoms with Crippen molar-refractivity contribution in [2.24, 2.45) is 16.8 Å². The second-order valence-electron chi connectivity index (χ2n) is 7.23. The lowest BCUT2D eigenvalue weighted by atomic mass is 9.62. The minimum absolute atomic E-state index is 0.00348. The van der Waals surface area contributed by atoms with Crippen LogP contribution >= 0.6 is 0 Å². The Hall–Kier alpha value is -3.63. The molecule has 0 aromatic heterocycles. The Labute approximate surface area is 169 Å². The third-order valence-electron chi connectivity index (χ3n) is 5.72. The maximum absolute atomic E-state index is 13.4. The molecule has 7 N–H and O–H groups in total. The molecule has 10 nitrogen and oxygen atoms in total. The molecule has 0 bridgehead atoms. The van der Waals surface area contributed by atoms with Crippen LogP contribution in [0.25, 0.3) is 10.8 Å². The Morgan fingerprint density at radius 1 is 1.30 bits per heavy atom. The van der Waals surface area contributed by atoms with Crippen molar-refractivity contribution in [2.45, 2.75) is 18.1 Å². The van der Waals surface area contributed by atoms with E-state index in [0.29, 0.717) is 5.39 Å². The molecular formula is C20H18N2O8. The van der Waals surface area contributed by atoms with Gasteiger partial charge in [0.2, 0.25) is 5.78 Å². The van der Waals surface area contributed by atoms with Crippen molar-refractivity contribution in [2.75, 3.05) is 7.11 Å². The van der Waals surface area contributed by atoms with Crippen LogP contribution < -0.4 is 5.73 Å². The summed E-state index contributed by atoms with van der Waals surface area (Å²) < 4.78 is 0. The largest absolute Gasteiger partial charge is 0.507 e. The number of oxime groups is 1. The normalized spacial score (nSPS) is 27.2. The number of nitrogens with two attached hydrogens (primary N) is 1. The van der Waals surface area contributed by atoms with Crippen LogP contribution in [0.2, 0.25) is 0 Å². The molecule has 1 amide bonds. The highest BCUT2D eigenvalue weighted by molar-refractivity contribution is 6.19. The van der Waals surface area contributed by atoms with Crippen LogP contribution in [0.15, 0.2) is 40.8 Å². The summed E-state index contributed by atoms with van der Waals surface area (Å²) in [5.74, 6) is -5.33. The number of fused-ring (bicyclic) bond motifs is 3. The van der Waals surface area contributed by atoms with Crippen LogP contribution in [-0.2, 0) is 16.1 Å². The van der Waals surface area contributed by atoms with Gasteiger partial charge >= 0.3 is 0 Å². The fraction of sp³-hybridized carbons (Fsp3) is 0.250. The summed E-state index contributed by atoms with van der Waals surface area (Å²) in [7, 11) is 1.16. The summed E-state index contributed by atoms with van der Waals surface area (Å²) in [6.07, 6.45) is -2.33. The molecule has 1 unspecified atom stereocenters. The monoisotopic (exact) mass is 414 g/mol. The van der Waals surface area contributed by atoms with Gasteiger partial charge in [-0.25, -0.2) is 0 Å². The van der Waals surface area contributed by atoms with Crippen molar-refractivity contribution in [3.05, 3.63) is 46.7 Å². The van der Waals surface area contributed by atoms with Gasteiger partial charge in [0.1, 0.15) is 30.4 Å². The minimum Gasteiger partial charge on any atom is -0.507 e. The molecule has 0 heterocycles. The number of hydrogen-bond acceptors (Lipinski definition) is 9. The Morgan fingerprint density at radius 2 is 2.00 bits per heavy atom. The molecular weight excluding hydrogens is 396 g/mol. The Balaban J connectivity index is 2.04. The molecule has 0 aliphatic heterocycles. The van der Waals surface area contributed by atoms with Gasteiger partial charge in [-0.15, -0.1) is 0 Å². The summed E-state index contributed by atoms with van der Waals surface area (Å²) in [4.78, 5) is 29.9. The van der Waals surface area contributed by atoms with E-state index in [4.69, 9.17) is 10.6 Å². The molecule has 0 spiro atoms. The van der Waals surface area contributed by atoms with Crippen LogP contribution in [0.5, 0.6) is 11.5 Å². The molecule has 2 aromatic carbocycles. The van der Waals surface area contributed by atoms with Gasteiger partial charge < -0.3 is 36.1 Å². The molecule has 3 atom stereocenters. The third kappa shape index (κ3) is 2.34. The number of amides is 1. The SMILES string of the molecule is CO/N=C1\C(O)=C(C(N)=O)C(O)[C@@]2(O)C(=O)c3c(cc4cccc(O)c4c3O)C[C@@H]12. The second kappa shape index (κ2) is 6.44. The first-order valence-corrected chi connectivity index (χ1v) is 8.90. The first kappa shape index (κ1) is 19.7. The van der Waals surface area contributed by atoms with E-state index in [0.717, 1.165) is 7.11 Å². The number of benzene rings is 2. The average molecular weight is 414 g/mol. The lowest BCUT2D eigenvalue weighted by Crippen LogP contribution is -2.64. The number of aromatic hydroxyl groups is 2. The van der Waals surface area contributed by atoms with Gasteiger partial charge in [0.25, 0.3) is 5.91 Å². The molecule has 10 heteroatoms. The van der Waals surface area contributed by atoms with E-state index in [2.05, 4.69) is 5.16 Å². The van der Waals surface area contributed by atoms with Gasteiger partial charge in [-0.3, -0.25) is 9.59 Å². The summed E-state index contributed by atoms with van der Waals surface area (Å²) in [5, 5.41) is 57.4. The predicted molar refractivity (Wildman–Crippen MR) is 103 cm³/mol. The van der Waals surface area contributed by atoms with Crippen LogP contribution in [0.1, 0.15) is 15.9 Å². The smallest absolute Gasteiger partial charge is 0.251 e. The van der Waals surface area contributed by atoms with E-state index in [9.17, 15) is 35.1 Å². The van der Waals surface area contributed by atoms with E-state index >= 15 is 0 Å². The maximum atomic E-state index is 13.4. The summed E-state index contributed by atoms with van der Waals surface area (Å²) >= 11 is 0. The van der Waals surface area contributed by atoms with E-state index in [1.54, 1.807) is 18.2 Å². The van der Waals surface area contributed by atoms with Crippen LogP contribution in [0, 0.1) is 5.92 Å². The number of nitrogens with zero attached hydrogens (tertiary/aromatic N) is 1. The quantitative estimate of drug-likeness (QED) is 0.371. The Morgan fingerprint density at radius 3 is 2.63 bits per heavy atom. The maximum Gasteiger partial charge on any atom is 0.251 e. The molecule has 156 valence electrons. The van der Waals surface area contributed by atoms with Crippen molar-refractivity contribution in [3.63, 3.8) is 0 Å². The van der Waals surface area contributed by atoms with E-state index in [-0.39, 0.29) is 34.4 Å². The standard InChI is InChI=1S/C20H18N2O8/c1-30-22-14-9-6-8-5-7-3-2-4-10(23)11(7)15(24)12(8)17(26)20(9,29)18(27)13(16(14)25)19(21)28/h2-5,9,18,23-25,27,29H,6H2,1H3,(H2,21,28)/b22-14-/t9-,18?,20-/m0/s1. The number of hydrogen-bond donors (Lipinski definition) is 6. The molecule has 30 heavy (non-hydrogen) atoms. The molecule has 2 aliphatic carbocycles. The first-order valence-electron chi connectivity index (χ1n) is 8.90. The number of ketones is 1. The van der Waals surface area contributed by atoms with E-state index in [1.165, 1.54) is 6.07 Å². The summed E-state index contributed by atoms with van der Waals surface area (Å²) in [5.41, 5.74) is 1.40. The number of allylic oxidation sites excluding steroid dienone is 1. The molecule has 2 aromatic rings. The third-order valence-corrected chi connectivity index (χ3v) is 5.72. The summed E-state index contributed by atoms with van der Waals surface area (Å²) in [6, 6.07) is 6.04. The molecule has 0 saturated heterocycles. The molecule has 0 saturated carbocycles. The number of phenols is 2. The van der Waals surface area contributed by atoms with Gasteiger partial charge in [-0.1, -0.05) is 17.3 Å². The number of aliphatic hydroxyl groups is 3. The van der Waals surface area contributed by atoms with E-state index in [1.807, 2.05) is 0 Å². The molecule has 4 rings (SSSR count). The minimum atomic E-state index is -2.67. The lowest BCUT2D eigenvalue weighted by molar-refractivity contribution is -0.119. The van der Waals surface area contributed by atoms with E-state index < -0.39 is 46.4 Å². The van der Waals surface area contributed by atoms with Crippen molar-refractivity contribution in [1.82, 2.24) is 0 Å². The average Bonchev–Trinajstić information content (AvgIpc) is 2.67. The van der Waals surface area contributed by atoms with Crippen molar-refractivity contribution < 1.29 is 40.0 Å². The molecule has 0 radical (unpaired) electrons. The van der Waals surface area contributed by atoms with Gasteiger partial charge in [-0.05, 0) is 29.5 Å². The highest BCUT2D eigenvalue weighted by atomic mass is 16.6. The molecule has 0 fully saturated rings. The highest BCUT2D eigenvalue weighted by Crippen LogP contribution is 2.48. The summed E-state index contributed by atoms with van der Waals surface area (Å²) in [6.45, 7) is 0. The Kier molecular flexibility index (Phi) is 4.22. The predicted octanol–water partition coefficient (Wildman–Crippen LogP) is 0.0114. The zero-order valence-electron chi connectivity index (χ0n) is 15.7. The van der Waals surface area contributed by atoms with Gasteiger partial charge in [-0.2, -0.15) is 0 Å². The van der Waals surface area contributed by atoms with Crippen LogP contribution in [-0.4, -0.2) is 61.7 Å². The van der Waals surface area contributed by atoms with Crippen LogP contribution in [0.3, 0.4) is 0 Å². The molecule has 2 aliphatic rings. The first-order chi connectivity index (χ1) is 14.1. The number of Topliss-reactive ketones (excluding diaryl/α,β-unsaturated/α-hetero) is 1.